The Morgan fingerprint density at radius 3 is 2.65 bits per heavy atom. The van der Waals surface area contributed by atoms with Crippen LogP contribution in [0.3, 0.4) is 0 Å². The van der Waals surface area contributed by atoms with Crippen LogP contribution in [0.25, 0.3) is 0 Å². The van der Waals surface area contributed by atoms with E-state index < -0.39 is 17.6 Å². The van der Waals surface area contributed by atoms with Crippen LogP contribution in [0, 0.1) is 12.7 Å². The monoisotopic (exact) mass is 304 g/mol. The maximum Gasteiger partial charge on any atom is 0.416 e. The maximum atomic E-state index is 13.5. The average Bonchev–Trinajstić information content (AvgIpc) is 2.76. The fourth-order valence-electron chi connectivity index (χ4n) is 1.71. The van der Waals surface area contributed by atoms with Gasteiger partial charge in [-0.15, -0.1) is 11.3 Å². The summed E-state index contributed by atoms with van der Waals surface area (Å²) in [4.78, 5) is 5.11. The summed E-state index contributed by atoms with van der Waals surface area (Å²) < 4.78 is 51.1. The Labute approximate surface area is 117 Å². The molecular weight excluding hydrogens is 292 g/mol. The van der Waals surface area contributed by atoms with Gasteiger partial charge in [-0.25, -0.2) is 9.37 Å². The molecule has 1 N–H and O–H groups in total. The molecule has 0 unspecified atom stereocenters. The molecule has 0 saturated carbocycles. The Bertz CT molecular complexity index is 592. The van der Waals surface area contributed by atoms with Gasteiger partial charge in [0.1, 0.15) is 5.82 Å². The van der Waals surface area contributed by atoms with Crippen molar-refractivity contribution < 1.29 is 17.6 Å². The summed E-state index contributed by atoms with van der Waals surface area (Å²) in [6, 6.07) is 2.34. The van der Waals surface area contributed by atoms with Gasteiger partial charge in [-0.1, -0.05) is 0 Å². The van der Waals surface area contributed by atoms with E-state index in [1.807, 2.05) is 6.92 Å². The van der Waals surface area contributed by atoms with Crippen molar-refractivity contribution in [3.05, 3.63) is 45.7 Å². The van der Waals surface area contributed by atoms with Crippen LogP contribution in [-0.2, 0) is 12.6 Å². The van der Waals surface area contributed by atoms with Gasteiger partial charge in [0, 0.05) is 17.8 Å². The first-order chi connectivity index (χ1) is 9.38. The van der Waals surface area contributed by atoms with Gasteiger partial charge < -0.3 is 5.32 Å². The van der Waals surface area contributed by atoms with Crippen LogP contribution in [0.15, 0.2) is 23.7 Å². The van der Waals surface area contributed by atoms with Crippen molar-refractivity contribution in [1.29, 1.82) is 0 Å². The summed E-state index contributed by atoms with van der Waals surface area (Å²) in [5.74, 6) is -0.695. The second-order valence-corrected chi connectivity index (χ2v) is 5.17. The van der Waals surface area contributed by atoms with Gasteiger partial charge in [-0.2, -0.15) is 13.2 Å². The zero-order chi connectivity index (χ0) is 14.8. The largest absolute Gasteiger partial charge is 0.416 e. The van der Waals surface area contributed by atoms with Crippen LogP contribution in [0.1, 0.15) is 16.1 Å². The molecule has 0 fully saturated rings. The molecule has 1 heterocycles. The third-order valence-corrected chi connectivity index (χ3v) is 3.80. The van der Waals surface area contributed by atoms with E-state index in [0.717, 1.165) is 28.8 Å². The molecule has 1 aromatic carbocycles. The Morgan fingerprint density at radius 1 is 1.30 bits per heavy atom. The number of nitrogens with one attached hydrogen (secondary N) is 1. The molecule has 0 amide bonds. The second kappa shape index (κ2) is 5.78. The highest BCUT2D eigenvalue weighted by Gasteiger charge is 2.31. The predicted molar refractivity (Wildman–Crippen MR) is 70.4 cm³/mol. The van der Waals surface area contributed by atoms with Crippen molar-refractivity contribution >= 4 is 17.0 Å². The number of alkyl halides is 3. The number of rotatable bonds is 4. The fourth-order valence-corrected chi connectivity index (χ4v) is 2.50. The van der Waals surface area contributed by atoms with Crippen molar-refractivity contribution in [2.75, 3.05) is 11.9 Å². The molecule has 0 aliphatic carbocycles. The van der Waals surface area contributed by atoms with Crippen molar-refractivity contribution in [2.45, 2.75) is 19.5 Å². The highest BCUT2D eigenvalue weighted by molar-refractivity contribution is 7.09. The zero-order valence-corrected chi connectivity index (χ0v) is 11.4. The Hall–Kier alpha value is -1.63. The number of aryl methyl sites for hydroxylation is 1. The number of hydrogen-bond donors (Lipinski definition) is 1. The number of nitrogens with zero attached hydrogens (tertiary/aromatic N) is 1. The van der Waals surface area contributed by atoms with Crippen LogP contribution >= 0.6 is 11.3 Å². The molecule has 7 heteroatoms. The van der Waals surface area contributed by atoms with E-state index in [2.05, 4.69) is 10.3 Å². The van der Waals surface area contributed by atoms with Crippen LogP contribution in [-0.4, -0.2) is 11.5 Å². The molecule has 20 heavy (non-hydrogen) atoms. The molecule has 0 bridgehead atoms. The maximum absolute atomic E-state index is 13.5. The summed E-state index contributed by atoms with van der Waals surface area (Å²) in [5.41, 5.74) is 1.59. The lowest BCUT2D eigenvalue weighted by Crippen LogP contribution is -2.10. The third-order valence-electron chi connectivity index (χ3n) is 2.81. The number of aromatic nitrogens is 1. The van der Waals surface area contributed by atoms with E-state index in [1.54, 1.807) is 5.51 Å². The molecule has 108 valence electrons. The topological polar surface area (TPSA) is 24.9 Å². The Kier molecular flexibility index (Phi) is 4.27. The van der Waals surface area contributed by atoms with Crippen molar-refractivity contribution in [1.82, 2.24) is 4.98 Å². The van der Waals surface area contributed by atoms with E-state index in [-0.39, 0.29) is 5.69 Å². The number of benzene rings is 1. The minimum atomic E-state index is -4.47. The first-order valence-corrected chi connectivity index (χ1v) is 6.75. The van der Waals surface area contributed by atoms with Gasteiger partial charge in [0.25, 0.3) is 0 Å². The van der Waals surface area contributed by atoms with Gasteiger partial charge in [-0.05, 0) is 25.1 Å². The Balaban J connectivity index is 2.04. The smallest absolute Gasteiger partial charge is 0.382 e. The summed E-state index contributed by atoms with van der Waals surface area (Å²) in [5, 5.41) is 2.69. The van der Waals surface area contributed by atoms with Gasteiger partial charge in [-0.3, -0.25) is 0 Å². The molecule has 0 radical (unpaired) electrons. The molecule has 0 atom stereocenters. The third kappa shape index (κ3) is 3.47. The molecule has 1 aromatic heterocycles. The van der Waals surface area contributed by atoms with Gasteiger partial charge in [0.05, 0.1) is 22.5 Å². The average molecular weight is 304 g/mol. The highest BCUT2D eigenvalue weighted by Crippen LogP contribution is 2.31. The standard InChI is InChI=1S/C13H12F4N2S/c1-8-12(20-7-19-8)4-5-18-11-6-9(13(15,16)17)2-3-10(11)14/h2-3,6-7,18H,4-5H2,1H3. The molecule has 2 aromatic rings. The second-order valence-electron chi connectivity index (χ2n) is 4.23. The Morgan fingerprint density at radius 2 is 2.05 bits per heavy atom. The lowest BCUT2D eigenvalue weighted by atomic mass is 10.2. The van der Waals surface area contributed by atoms with E-state index >= 15 is 0 Å². The van der Waals surface area contributed by atoms with E-state index in [1.165, 1.54) is 11.3 Å². The van der Waals surface area contributed by atoms with Crippen molar-refractivity contribution in [3.63, 3.8) is 0 Å². The zero-order valence-electron chi connectivity index (χ0n) is 10.6. The van der Waals surface area contributed by atoms with Crippen molar-refractivity contribution in [3.8, 4) is 0 Å². The molecule has 2 rings (SSSR count). The molecular formula is C13H12F4N2S. The molecule has 0 aliphatic rings. The van der Waals surface area contributed by atoms with Crippen LogP contribution in [0.2, 0.25) is 0 Å². The minimum Gasteiger partial charge on any atom is -0.382 e. The van der Waals surface area contributed by atoms with Gasteiger partial charge in [0.2, 0.25) is 0 Å². The molecule has 0 aliphatic heterocycles. The van der Waals surface area contributed by atoms with E-state index in [9.17, 15) is 17.6 Å². The van der Waals surface area contributed by atoms with Gasteiger partial charge >= 0.3 is 6.18 Å². The summed E-state index contributed by atoms with van der Waals surface area (Å²) in [6.07, 6.45) is -3.88. The number of hydrogen-bond acceptors (Lipinski definition) is 3. The fraction of sp³-hybridized carbons (Fsp3) is 0.308. The molecule has 2 nitrogen and oxygen atoms in total. The molecule has 0 spiro atoms. The van der Waals surface area contributed by atoms with Crippen LogP contribution < -0.4 is 5.32 Å². The summed E-state index contributed by atoms with van der Waals surface area (Å²) in [6.45, 7) is 2.21. The van der Waals surface area contributed by atoms with Crippen LogP contribution in [0.4, 0.5) is 23.2 Å². The number of anilines is 1. The minimum absolute atomic E-state index is 0.137. The first kappa shape index (κ1) is 14.8. The van der Waals surface area contributed by atoms with E-state index in [4.69, 9.17) is 0 Å². The number of thiazole rings is 1. The highest BCUT2D eigenvalue weighted by atomic mass is 32.1. The number of halogens is 4. The van der Waals surface area contributed by atoms with E-state index in [0.29, 0.717) is 13.0 Å². The SMILES string of the molecule is Cc1ncsc1CCNc1cc(C(F)(F)F)ccc1F. The lowest BCUT2D eigenvalue weighted by Gasteiger charge is -2.11. The lowest BCUT2D eigenvalue weighted by molar-refractivity contribution is -0.137. The predicted octanol–water partition coefficient (Wildman–Crippen LogP) is 4.26. The normalized spacial score (nSPS) is 11.7. The van der Waals surface area contributed by atoms with Crippen molar-refractivity contribution in [2.24, 2.45) is 0 Å². The quantitative estimate of drug-likeness (QED) is 0.854. The van der Waals surface area contributed by atoms with Crippen LogP contribution in [0.5, 0.6) is 0 Å². The first-order valence-electron chi connectivity index (χ1n) is 5.87. The molecule has 0 saturated heterocycles. The van der Waals surface area contributed by atoms with Gasteiger partial charge in [0.15, 0.2) is 0 Å². The summed E-state index contributed by atoms with van der Waals surface area (Å²) >= 11 is 1.47. The summed E-state index contributed by atoms with van der Waals surface area (Å²) in [7, 11) is 0.